The van der Waals surface area contributed by atoms with Crippen LogP contribution in [0.15, 0.2) is 48.1 Å². The number of unbranched alkanes of at least 4 members (excludes halogenated alkanes) is 2. The van der Waals surface area contributed by atoms with E-state index in [1.54, 1.807) is 12.2 Å². The third-order valence-corrected chi connectivity index (χ3v) is 3.48. The van der Waals surface area contributed by atoms with Gasteiger partial charge in [0.15, 0.2) is 5.78 Å². The molecule has 0 unspecified atom stereocenters. The standard InChI is InChI=1S/C19H25NO2/c1-3-16(2)18(21)12-8-5-9-15-20-19(22)14-13-17-10-6-4-7-11-17/h3-4,6-7,10-11,13-14H,5,8-9,12,15H2,1-2H3,(H,20,22)/b14-13+,16-3+. The fourth-order valence-electron chi connectivity index (χ4n) is 1.95. The zero-order valence-electron chi connectivity index (χ0n) is 13.5. The van der Waals surface area contributed by atoms with Gasteiger partial charge in [0.1, 0.15) is 0 Å². The molecular formula is C19H25NO2. The Labute approximate surface area is 133 Å². The van der Waals surface area contributed by atoms with Gasteiger partial charge in [-0.1, -0.05) is 42.8 Å². The second-order valence-electron chi connectivity index (χ2n) is 5.24. The van der Waals surface area contributed by atoms with E-state index in [9.17, 15) is 9.59 Å². The summed E-state index contributed by atoms with van der Waals surface area (Å²) in [7, 11) is 0. The number of allylic oxidation sites excluding steroid dienone is 2. The van der Waals surface area contributed by atoms with Crippen molar-refractivity contribution in [3.8, 4) is 0 Å². The van der Waals surface area contributed by atoms with Crippen molar-refractivity contribution in [1.82, 2.24) is 5.32 Å². The fourth-order valence-corrected chi connectivity index (χ4v) is 1.95. The number of carbonyl (C=O) groups excluding carboxylic acids is 2. The Kier molecular flexibility index (Phi) is 8.58. The molecule has 1 aromatic carbocycles. The molecule has 0 bridgehead atoms. The predicted molar refractivity (Wildman–Crippen MR) is 91.4 cm³/mol. The first-order valence-corrected chi connectivity index (χ1v) is 7.80. The van der Waals surface area contributed by atoms with Gasteiger partial charge in [-0.2, -0.15) is 0 Å². The number of Topliss-reactive ketones (excluding diaryl/α,β-unsaturated/α-hetero) is 1. The van der Waals surface area contributed by atoms with E-state index in [4.69, 9.17) is 0 Å². The fraction of sp³-hybridized carbons (Fsp3) is 0.368. The average Bonchev–Trinajstić information content (AvgIpc) is 2.56. The molecule has 1 aromatic rings. The highest BCUT2D eigenvalue weighted by atomic mass is 16.1. The smallest absolute Gasteiger partial charge is 0.243 e. The van der Waals surface area contributed by atoms with Crippen LogP contribution in [0.1, 0.15) is 45.1 Å². The van der Waals surface area contributed by atoms with Crippen LogP contribution in [0, 0.1) is 0 Å². The molecule has 0 saturated heterocycles. The van der Waals surface area contributed by atoms with Gasteiger partial charge >= 0.3 is 0 Å². The van der Waals surface area contributed by atoms with Crippen molar-refractivity contribution in [2.24, 2.45) is 0 Å². The van der Waals surface area contributed by atoms with Crippen LogP contribution in [0.25, 0.3) is 6.08 Å². The number of hydrogen-bond donors (Lipinski definition) is 1. The third-order valence-electron chi connectivity index (χ3n) is 3.48. The summed E-state index contributed by atoms with van der Waals surface area (Å²) in [5.41, 5.74) is 1.84. The summed E-state index contributed by atoms with van der Waals surface area (Å²) >= 11 is 0. The first kappa shape index (κ1) is 17.9. The lowest BCUT2D eigenvalue weighted by Crippen LogP contribution is -2.22. The molecule has 1 amide bonds. The first-order valence-electron chi connectivity index (χ1n) is 7.80. The van der Waals surface area contributed by atoms with Crippen LogP contribution in [0.2, 0.25) is 0 Å². The molecule has 0 aliphatic rings. The van der Waals surface area contributed by atoms with Crippen LogP contribution < -0.4 is 5.32 Å². The number of carbonyl (C=O) groups is 2. The number of ketones is 1. The van der Waals surface area contributed by atoms with Crippen molar-refractivity contribution >= 4 is 17.8 Å². The van der Waals surface area contributed by atoms with Crippen LogP contribution in [0.4, 0.5) is 0 Å². The number of nitrogens with one attached hydrogen (secondary N) is 1. The summed E-state index contributed by atoms with van der Waals surface area (Å²) in [5.74, 6) is 0.141. The van der Waals surface area contributed by atoms with Crippen molar-refractivity contribution in [2.75, 3.05) is 6.54 Å². The molecule has 0 fully saturated rings. The molecule has 0 aliphatic heterocycles. The summed E-state index contributed by atoms with van der Waals surface area (Å²) in [5, 5.41) is 2.85. The van der Waals surface area contributed by atoms with E-state index in [0.29, 0.717) is 13.0 Å². The van der Waals surface area contributed by atoms with Crippen molar-refractivity contribution in [3.63, 3.8) is 0 Å². The van der Waals surface area contributed by atoms with E-state index in [1.807, 2.05) is 50.3 Å². The molecule has 3 heteroatoms. The van der Waals surface area contributed by atoms with Crippen molar-refractivity contribution in [1.29, 1.82) is 0 Å². The third kappa shape index (κ3) is 7.58. The average molecular weight is 299 g/mol. The lowest BCUT2D eigenvalue weighted by atomic mass is 10.1. The molecule has 3 nitrogen and oxygen atoms in total. The highest BCUT2D eigenvalue weighted by molar-refractivity contribution is 5.94. The maximum atomic E-state index is 11.6. The van der Waals surface area contributed by atoms with Gasteiger partial charge in [0.05, 0.1) is 0 Å². The maximum Gasteiger partial charge on any atom is 0.243 e. The van der Waals surface area contributed by atoms with Gasteiger partial charge in [0.25, 0.3) is 0 Å². The number of rotatable bonds is 9. The zero-order valence-corrected chi connectivity index (χ0v) is 13.5. The van der Waals surface area contributed by atoms with E-state index >= 15 is 0 Å². The highest BCUT2D eigenvalue weighted by Crippen LogP contribution is 2.05. The molecule has 22 heavy (non-hydrogen) atoms. The Balaban J connectivity index is 2.11. The molecule has 0 aliphatic carbocycles. The lowest BCUT2D eigenvalue weighted by molar-refractivity contribution is -0.117. The van der Waals surface area contributed by atoms with Gasteiger partial charge < -0.3 is 5.32 Å². The second-order valence-corrected chi connectivity index (χ2v) is 5.24. The molecule has 118 valence electrons. The van der Waals surface area contributed by atoms with Crippen LogP contribution in [-0.4, -0.2) is 18.2 Å². The number of amides is 1. The van der Waals surface area contributed by atoms with Gasteiger partial charge in [0, 0.05) is 19.0 Å². The minimum absolute atomic E-state index is 0.0790. The van der Waals surface area contributed by atoms with Gasteiger partial charge in [-0.3, -0.25) is 9.59 Å². The summed E-state index contributed by atoms with van der Waals surface area (Å²) < 4.78 is 0. The van der Waals surface area contributed by atoms with E-state index < -0.39 is 0 Å². The Morgan fingerprint density at radius 3 is 2.50 bits per heavy atom. The monoisotopic (exact) mass is 299 g/mol. The molecule has 1 N–H and O–H groups in total. The molecule has 0 saturated carbocycles. The molecule has 1 rings (SSSR count). The summed E-state index contributed by atoms with van der Waals surface area (Å²) in [6, 6.07) is 9.73. The minimum atomic E-state index is -0.0790. The highest BCUT2D eigenvalue weighted by Gasteiger charge is 2.02. The van der Waals surface area contributed by atoms with E-state index in [-0.39, 0.29) is 11.7 Å². The molecule has 0 radical (unpaired) electrons. The maximum absolute atomic E-state index is 11.6. The van der Waals surface area contributed by atoms with E-state index in [2.05, 4.69) is 5.32 Å². The van der Waals surface area contributed by atoms with Gasteiger partial charge in [0.2, 0.25) is 5.91 Å². The van der Waals surface area contributed by atoms with Gasteiger partial charge in [-0.15, -0.1) is 0 Å². The van der Waals surface area contributed by atoms with Gasteiger partial charge in [-0.05, 0) is 43.9 Å². The summed E-state index contributed by atoms with van der Waals surface area (Å²) in [6.07, 6.45) is 8.51. The zero-order chi connectivity index (χ0) is 16.2. The SMILES string of the molecule is C/C=C(\C)C(=O)CCCCCNC(=O)/C=C/c1ccccc1. The molecule has 0 spiro atoms. The second kappa shape index (κ2) is 10.6. The van der Waals surface area contributed by atoms with Crippen molar-refractivity contribution in [3.05, 3.63) is 53.6 Å². The molecule has 0 aromatic heterocycles. The molecular weight excluding hydrogens is 274 g/mol. The predicted octanol–water partition coefficient (Wildman–Crippen LogP) is 3.91. The van der Waals surface area contributed by atoms with Crippen LogP contribution in [0.3, 0.4) is 0 Å². The molecule has 0 atom stereocenters. The van der Waals surface area contributed by atoms with Crippen molar-refractivity contribution in [2.45, 2.75) is 39.5 Å². The minimum Gasteiger partial charge on any atom is -0.353 e. The van der Waals surface area contributed by atoms with Crippen LogP contribution in [0.5, 0.6) is 0 Å². The Bertz CT molecular complexity index is 530. The Morgan fingerprint density at radius 2 is 1.82 bits per heavy atom. The molecule has 0 heterocycles. The topological polar surface area (TPSA) is 46.2 Å². The van der Waals surface area contributed by atoms with Crippen LogP contribution >= 0.6 is 0 Å². The lowest BCUT2D eigenvalue weighted by Gasteiger charge is -2.03. The summed E-state index contributed by atoms with van der Waals surface area (Å²) in [6.45, 7) is 4.38. The first-order chi connectivity index (χ1) is 10.6. The number of hydrogen-bond acceptors (Lipinski definition) is 2. The van der Waals surface area contributed by atoms with E-state index in [1.165, 1.54) is 0 Å². The Morgan fingerprint density at radius 1 is 1.09 bits per heavy atom. The summed E-state index contributed by atoms with van der Waals surface area (Å²) in [4.78, 5) is 23.2. The normalized spacial score (nSPS) is 11.6. The van der Waals surface area contributed by atoms with Crippen LogP contribution in [-0.2, 0) is 9.59 Å². The Hall–Kier alpha value is -2.16. The van der Waals surface area contributed by atoms with Crippen molar-refractivity contribution < 1.29 is 9.59 Å². The van der Waals surface area contributed by atoms with Gasteiger partial charge in [-0.25, -0.2) is 0 Å². The number of benzene rings is 1. The largest absolute Gasteiger partial charge is 0.353 e. The quantitative estimate of drug-likeness (QED) is 0.555. The van der Waals surface area contributed by atoms with E-state index in [0.717, 1.165) is 30.4 Å².